The van der Waals surface area contributed by atoms with E-state index >= 15 is 0 Å². The summed E-state index contributed by atoms with van der Waals surface area (Å²) >= 11 is 0. The zero-order valence-electron chi connectivity index (χ0n) is 18.3. The smallest absolute Gasteiger partial charge is 0.253 e. The van der Waals surface area contributed by atoms with Crippen LogP contribution in [-0.2, 0) is 13.0 Å². The van der Waals surface area contributed by atoms with Gasteiger partial charge in [-0.2, -0.15) is 0 Å². The van der Waals surface area contributed by atoms with Crippen LogP contribution in [0.25, 0.3) is 0 Å². The van der Waals surface area contributed by atoms with Gasteiger partial charge in [-0.1, -0.05) is 30.3 Å². The molecule has 0 spiro atoms. The van der Waals surface area contributed by atoms with E-state index in [1.165, 1.54) is 17.7 Å². The molecule has 0 saturated heterocycles. The number of carbonyl (C=O) groups excluding carboxylic acids is 1. The quantitative estimate of drug-likeness (QED) is 0.559. The van der Waals surface area contributed by atoms with Gasteiger partial charge >= 0.3 is 0 Å². The monoisotopic (exact) mass is 432 g/mol. The van der Waals surface area contributed by atoms with E-state index in [0.29, 0.717) is 23.6 Å². The Morgan fingerprint density at radius 3 is 2.66 bits per heavy atom. The molecule has 2 aromatic carbocycles. The molecule has 1 aliphatic carbocycles. The lowest BCUT2D eigenvalue weighted by Gasteiger charge is -2.19. The van der Waals surface area contributed by atoms with Crippen LogP contribution < -0.4 is 0 Å². The molecule has 3 atom stereocenters. The molecule has 1 amide bonds. The first-order chi connectivity index (χ1) is 15.5. The van der Waals surface area contributed by atoms with Crippen molar-refractivity contribution < 1.29 is 14.3 Å². The van der Waals surface area contributed by atoms with Gasteiger partial charge in [0.2, 0.25) is 0 Å². The molecule has 3 aromatic rings. The third kappa shape index (κ3) is 5.40. The van der Waals surface area contributed by atoms with Crippen LogP contribution in [0.4, 0.5) is 4.39 Å². The van der Waals surface area contributed by atoms with Crippen molar-refractivity contribution in [1.29, 1.82) is 0 Å². The summed E-state index contributed by atoms with van der Waals surface area (Å²) in [6.07, 6.45) is 6.71. The molecule has 0 radical (unpaired) electrons. The highest BCUT2D eigenvalue weighted by Crippen LogP contribution is 2.40. The van der Waals surface area contributed by atoms with Gasteiger partial charge in [-0.15, -0.1) is 0 Å². The maximum absolute atomic E-state index is 13.5. The minimum absolute atomic E-state index is 0.0143. The van der Waals surface area contributed by atoms with Crippen molar-refractivity contribution in [2.75, 3.05) is 7.05 Å². The van der Waals surface area contributed by atoms with Gasteiger partial charge in [-0.3, -0.25) is 9.78 Å². The number of pyridine rings is 1. The van der Waals surface area contributed by atoms with E-state index in [1.54, 1.807) is 36.5 Å². The van der Waals surface area contributed by atoms with Gasteiger partial charge in [0.15, 0.2) is 0 Å². The van der Waals surface area contributed by atoms with Gasteiger partial charge in [0, 0.05) is 31.5 Å². The number of aliphatic hydroxyl groups excluding tert-OH is 1. The van der Waals surface area contributed by atoms with Crippen LogP contribution in [-0.4, -0.2) is 27.9 Å². The van der Waals surface area contributed by atoms with Crippen LogP contribution in [0.2, 0.25) is 0 Å². The maximum atomic E-state index is 13.5. The number of nitrogens with zero attached hydrogens (tertiary/aromatic N) is 2. The maximum Gasteiger partial charge on any atom is 0.253 e. The first-order valence-corrected chi connectivity index (χ1v) is 11.2. The van der Waals surface area contributed by atoms with Crippen LogP contribution in [0.3, 0.4) is 0 Å². The molecule has 1 fully saturated rings. The van der Waals surface area contributed by atoms with E-state index < -0.39 is 6.10 Å². The molecule has 0 unspecified atom stereocenters. The normalized spacial score (nSPS) is 19.0. The Labute approximate surface area is 188 Å². The molecule has 0 aliphatic heterocycles. The van der Waals surface area contributed by atoms with Gasteiger partial charge in [-0.05, 0) is 84.5 Å². The minimum Gasteiger partial charge on any atom is -0.388 e. The number of hydrogen-bond acceptors (Lipinski definition) is 3. The molecule has 166 valence electrons. The Morgan fingerprint density at radius 2 is 1.94 bits per heavy atom. The van der Waals surface area contributed by atoms with E-state index in [-0.39, 0.29) is 17.6 Å². The highest BCUT2D eigenvalue weighted by molar-refractivity contribution is 5.94. The van der Waals surface area contributed by atoms with Crippen molar-refractivity contribution in [1.82, 2.24) is 9.88 Å². The van der Waals surface area contributed by atoms with Crippen molar-refractivity contribution in [3.8, 4) is 0 Å². The van der Waals surface area contributed by atoms with Gasteiger partial charge in [0.1, 0.15) is 5.82 Å². The highest BCUT2D eigenvalue weighted by Gasteiger charge is 2.30. The van der Waals surface area contributed by atoms with Crippen LogP contribution >= 0.6 is 0 Å². The summed E-state index contributed by atoms with van der Waals surface area (Å²) in [7, 11) is 1.80. The number of benzene rings is 2. The fraction of sp³-hybridized carbons (Fsp3) is 0.333. The Kier molecular flexibility index (Phi) is 6.96. The fourth-order valence-electron chi connectivity index (χ4n) is 4.72. The number of halogens is 1. The number of hydrogen-bond donors (Lipinski definition) is 1. The van der Waals surface area contributed by atoms with Gasteiger partial charge in [-0.25, -0.2) is 4.39 Å². The molecule has 1 aliphatic rings. The zero-order valence-corrected chi connectivity index (χ0v) is 18.3. The topological polar surface area (TPSA) is 53.4 Å². The number of carbonyl (C=O) groups is 1. The van der Waals surface area contributed by atoms with E-state index in [1.807, 2.05) is 36.4 Å². The molecular weight excluding hydrogens is 403 g/mol. The summed E-state index contributed by atoms with van der Waals surface area (Å²) in [5.74, 6) is 0.318. The predicted molar refractivity (Wildman–Crippen MR) is 122 cm³/mol. The number of amides is 1. The van der Waals surface area contributed by atoms with E-state index in [9.17, 15) is 14.3 Å². The summed E-state index contributed by atoms with van der Waals surface area (Å²) < 4.78 is 13.5. The summed E-state index contributed by atoms with van der Waals surface area (Å²) in [6, 6.07) is 17.9. The predicted octanol–water partition coefficient (Wildman–Crippen LogP) is 5.19. The van der Waals surface area contributed by atoms with Crippen molar-refractivity contribution in [2.45, 2.75) is 38.3 Å². The molecule has 32 heavy (non-hydrogen) atoms. The SMILES string of the molecule is CN(Cc1cccnc1)C(=O)c1ccc(C[C@@H]2CC[C@H]([C@H](O)c3cccc(F)c3)C2)cc1. The molecule has 1 aromatic heterocycles. The fourth-order valence-corrected chi connectivity index (χ4v) is 4.72. The standard InChI is InChI=1S/C27H29FN2O2/c1-30(18-21-4-3-13-29-17-21)27(32)22-10-7-19(8-11-22)14-20-9-12-24(15-20)26(31)23-5-2-6-25(28)16-23/h2-8,10-11,13,16-17,20,24,26,31H,9,12,14-15,18H2,1H3/t20-,24-,26+/m0/s1. The van der Waals surface area contributed by atoms with Crippen molar-refractivity contribution in [3.05, 3.63) is 101 Å². The van der Waals surface area contributed by atoms with E-state index in [2.05, 4.69) is 4.98 Å². The van der Waals surface area contributed by atoms with Crippen LogP contribution in [0, 0.1) is 17.7 Å². The lowest BCUT2D eigenvalue weighted by molar-refractivity contribution is 0.0785. The second-order valence-corrected chi connectivity index (χ2v) is 8.86. The molecule has 5 heteroatoms. The summed E-state index contributed by atoms with van der Waals surface area (Å²) in [4.78, 5) is 18.5. The number of aromatic nitrogens is 1. The number of rotatable bonds is 7. The van der Waals surface area contributed by atoms with Crippen molar-refractivity contribution >= 4 is 5.91 Å². The molecule has 1 N–H and O–H groups in total. The van der Waals surface area contributed by atoms with Gasteiger partial charge < -0.3 is 10.0 Å². The lowest BCUT2D eigenvalue weighted by atomic mass is 9.91. The van der Waals surface area contributed by atoms with Crippen molar-refractivity contribution in [2.24, 2.45) is 11.8 Å². The van der Waals surface area contributed by atoms with Crippen LogP contribution in [0.1, 0.15) is 52.4 Å². The second kappa shape index (κ2) is 10.0. The van der Waals surface area contributed by atoms with Crippen LogP contribution in [0.15, 0.2) is 73.1 Å². The Balaban J connectivity index is 1.31. The van der Waals surface area contributed by atoms with E-state index in [0.717, 1.165) is 31.2 Å². The Hall–Kier alpha value is -3.05. The molecule has 1 saturated carbocycles. The molecule has 4 nitrogen and oxygen atoms in total. The first-order valence-electron chi connectivity index (χ1n) is 11.2. The molecule has 0 bridgehead atoms. The average molecular weight is 433 g/mol. The third-order valence-corrected chi connectivity index (χ3v) is 6.43. The highest BCUT2D eigenvalue weighted by atomic mass is 19.1. The minimum atomic E-state index is -0.619. The first kappa shape index (κ1) is 22.2. The Morgan fingerprint density at radius 1 is 1.12 bits per heavy atom. The summed E-state index contributed by atoms with van der Waals surface area (Å²) in [5.41, 5.74) is 3.53. The molecular formula is C27H29FN2O2. The largest absolute Gasteiger partial charge is 0.388 e. The van der Waals surface area contributed by atoms with Gasteiger partial charge in [0.25, 0.3) is 5.91 Å². The number of aliphatic hydroxyl groups is 1. The van der Waals surface area contributed by atoms with Gasteiger partial charge in [0.05, 0.1) is 6.10 Å². The zero-order chi connectivity index (χ0) is 22.5. The second-order valence-electron chi connectivity index (χ2n) is 8.86. The Bertz CT molecular complexity index is 1040. The van der Waals surface area contributed by atoms with E-state index in [4.69, 9.17) is 0 Å². The molecule has 4 rings (SSSR count). The summed E-state index contributed by atoms with van der Waals surface area (Å²) in [6.45, 7) is 0.519. The van der Waals surface area contributed by atoms with Crippen LogP contribution in [0.5, 0.6) is 0 Å². The third-order valence-electron chi connectivity index (χ3n) is 6.43. The van der Waals surface area contributed by atoms with Crippen molar-refractivity contribution in [3.63, 3.8) is 0 Å². The summed E-state index contributed by atoms with van der Waals surface area (Å²) in [5, 5.41) is 10.7. The molecule has 1 heterocycles. The lowest BCUT2D eigenvalue weighted by Crippen LogP contribution is -2.26. The average Bonchev–Trinajstić information content (AvgIpc) is 3.27.